The summed E-state index contributed by atoms with van der Waals surface area (Å²) in [7, 11) is 1.59. The molecule has 3 N–H and O–H groups in total. The highest BCUT2D eigenvalue weighted by molar-refractivity contribution is 5.79. The van der Waals surface area contributed by atoms with E-state index in [0.717, 1.165) is 16.9 Å². The Bertz CT molecular complexity index is 416. The molecule has 1 aromatic carbocycles. The maximum absolute atomic E-state index is 11.1. The van der Waals surface area contributed by atoms with Gasteiger partial charge >= 0.3 is 5.97 Å². The number of aryl methyl sites for hydroxylation is 1. The van der Waals surface area contributed by atoms with Crippen molar-refractivity contribution in [1.82, 2.24) is 0 Å². The fraction of sp³-hybridized carbons (Fsp3) is 0.417. The smallest absolute Gasteiger partial charge is 0.324 e. The number of hydrogen-bond acceptors (Lipinski definition) is 3. The van der Waals surface area contributed by atoms with Gasteiger partial charge in [-0.25, -0.2) is 0 Å². The summed E-state index contributed by atoms with van der Waals surface area (Å²) in [6.45, 7) is 0. The molecule has 2 rings (SSSR count). The second kappa shape index (κ2) is 3.79. The fourth-order valence-electron chi connectivity index (χ4n) is 2.18. The first-order chi connectivity index (χ1) is 7.57. The van der Waals surface area contributed by atoms with Gasteiger partial charge in [0.2, 0.25) is 0 Å². The Balaban J connectivity index is 2.42. The third-order valence-electron chi connectivity index (χ3n) is 3.21. The molecule has 0 unspecified atom stereocenters. The standard InChI is InChI=1S/C12H15NO3/c1-16-10-4-2-3-8-5-6-12(13,11(14)15)7-9(8)10/h2-4H,5-7,13H2,1H3,(H,14,15)/t12-/m0/s1. The highest BCUT2D eigenvalue weighted by Crippen LogP contribution is 2.33. The van der Waals surface area contributed by atoms with Crippen molar-refractivity contribution in [3.05, 3.63) is 29.3 Å². The van der Waals surface area contributed by atoms with E-state index in [1.807, 2.05) is 18.2 Å². The van der Waals surface area contributed by atoms with Gasteiger partial charge in [0.05, 0.1) is 7.11 Å². The van der Waals surface area contributed by atoms with E-state index >= 15 is 0 Å². The number of carbonyl (C=O) groups is 1. The van der Waals surface area contributed by atoms with E-state index in [0.29, 0.717) is 19.3 Å². The lowest BCUT2D eigenvalue weighted by Crippen LogP contribution is -2.52. The largest absolute Gasteiger partial charge is 0.496 e. The Kier molecular flexibility index (Phi) is 2.59. The number of carboxylic acids is 1. The molecule has 4 heteroatoms. The molecule has 0 saturated carbocycles. The van der Waals surface area contributed by atoms with Crippen LogP contribution in [0.3, 0.4) is 0 Å². The Morgan fingerprint density at radius 1 is 1.56 bits per heavy atom. The number of ether oxygens (including phenoxy) is 1. The number of rotatable bonds is 2. The van der Waals surface area contributed by atoms with Crippen LogP contribution in [0.1, 0.15) is 17.5 Å². The van der Waals surface area contributed by atoms with E-state index in [-0.39, 0.29) is 0 Å². The second-order valence-corrected chi connectivity index (χ2v) is 4.24. The number of hydrogen-bond donors (Lipinski definition) is 2. The van der Waals surface area contributed by atoms with E-state index in [1.165, 1.54) is 0 Å². The molecule has 4 nitrogen and oxygen atoms in total. The van der Waals surface area contributed by atoms with E-state index in [9.17, 15) is 4.79 Å². The van der Waals surface area contributed by atoms with Crippen LogP contribution in [0.15, 0.2) is 18.2 Å². The van der Waals surface area contributed by atoms with E-state index in [4.69, 9.17) is 15.6 Å². The zero-order valence-corrected chi connectivity index (χ0v) is 9.19. The van der Waals surface area contributed by atoms with Crippen LogP contribution < -0.4 is 10.5 Å². The summed E-state index contributed by atoms with van der Waals surface area (Å²) < 4.78 is 5.24. The summed E-state index contributed by atoms with van der Waals surface area (Å²) in [4.78, 5) is 11.1. The number of methoxy groups -OCH3 is 1. The number of benzene rings is 1. The van der Waals surface area contributed by atoms with E-state index in [1.54, 1.807) is 7.11 Å². The van der Waals surface area contributed by atoms with E-state index < -0.39 is 11.5 Å². The quantitative estimate of drug-likeness (QED) is 0.780. The molecule has 86 valence electrons. The fourth-order valence-corrected chi connectivity index (χ4v) is 2.18. The van der Waals surface area contributed by atoms with Crippen LogP contribution in [0.4, 0.5) is 0 Å². The average molecular weight is 221 g/mol. The predicted molar refractivity (Wildman–Crippen MR) is 59.6 cm³/mol. The molecule has 0 amide bonds. The Hall–Kier alpha value is -1.55. The minimum atomic E-state index is -1.15. The molecular formula is C12H15NO3. The predicted octanol–water partition coefficient (Wildman–Crippen LogP) is 0.966. The lowest BCUT2D eigenvalue weighted by atomic mass is 9.78. The Morgan fingerprint density at radius 2 is 2.31 bits per heavy atom. The maximum atomic E-state index is 11.1. The molecule has 0 heterocycles. The highest BCUT2D eigenvalue weighted by Gasteiger charge is 2.38. The summed E-state index contributed by atoms with van der Waals surface area (Å²) in [5.41, 5.74) is 6.81. The normalized spacial score (nSPS) is 23.6. The Labute approximate surface area is 94.0 Å². The molecule has 0 bridgehead atoms. The van der Waals surface area contributed by atoms with E-state index in [2.05, 4.69) is 0 Å². The van der Waals surface area contributed by atoms with Crippen molar-refractivity contribution >= 4 is 5.97 Å². The van der Waals surface area contributed by atoms with Crippen LogP contribution in [0.2, 0.25) is 0 Å². The second-order valence-electron chi connectivity index (χ2n) is 4.24. The third kappa shape index (κ3) is 1.65. The van der Waals surface area contributed by atoms with Gasteiger partial charge in [0, 0.05) is 6.42 Å². The summed E-state index contributed by atoms with van der Waals surface area (Å²) in [6.07, 6.45) is 1.50. The third-order valence-corrected chi connectivity index (χ3v) is 3.21. The van der Waals surface area contributed by atoms with Crippen molar-refractivity contribution in [3.63, 3.8) is 0 Å². The van der Waals surface area contributed by atoms with Crippen LogP contribution in [0, 0.1) is 0 Å². The van der Waals surface area contributed by atoms with Crippen molar-refractivity contribution in [2.75, 3.05) is 7.11 Å². The first-order valence-electron chi connectivity index (χ1n) is 5.24. The molecule has 0 radical (unpaired) electrons. The molecule has 0 fully saturated rings. The van der Waals surface area contributed by atoms with Crippen molar-refractivity contribution in [3.8, 4) is 5.75 Å². The number of nitrogens with two attached hydrogens (primary N) is 1. The van der Waals surface area contributed by atoms with Gasteiger partial charge in [-0.15, -0.1) is 0 Å². The van der Waals surface area contributed by atoms with Crippen molar-refractivity contribution < 1.29 is 14.6 Å². The van der Waals surface area contributed by atoms with Gasteiger partial charge in [-0.05, 0) is 30.0 Å². The average Bonchev–Trinajstić information content (AvgIpc) is 2.28. The summed E-state index contributed by atoms with van der Waals surface area (Å²) in [6, 6.07) is 5.76. The van der Waals surface area contributed by atoms with Crippen molar-refractivity contribution in [1.29, 1.82) is 0 Å². The van der Waals surface area contributed by atoms with Gasteiger partial charge in [0.15, 0.2) is 0 Å². The molecule has 1 aromatic rings. The van der Waals surface area contributed by atoms with Crippen LogP contribution in [-0.2, 0) is 17.6 Å². The molecule has 16 heavy (non-hydrogen) atoms. The monoisotopic (exact) mass is 221 g/mol. The number of fused-ring (bicyclic) bond motifs is 1. The minimum absolute atomic E-state index is 0.335. The molecule has 0 saturated heterocycles. The number of aliphatic carboxylic acids is 1. The zero-order valence-electron chi connectivity index (χ0n) is 9.19. The molecule has 1 atom stereocenters. The maximum Gasteiger partial charge on any atom is 0.324 e. The first kappa shape index (κ1) is 11.0. The molecular weight excluding hydrogens is 206 g/mol. The molecule has 1 aliphatic carbocycles. The van der Waals surface area contributed by atoms with Gasteiger partial charge in [-0.3, -0.25) is 4.79 Å². The molecule has 0 spiro atoms. The highest BCUT2D eigenvalue weighted by atomic mass is 16.5. The van der Waals surface area contributed by atoms with Crippen LogP contribution in [-0.4, -0.2) is 23.7 Å². The summed E-state index contributed by atoms with van der Waals surface area (Å²) >= 11 is 0. The molecule has 0 aliphatic heterocycles. The lowest BCUT2D eigenvalue weighted by Gasteiger charge is -2.31. The zero-order chi connectivity index (χ0) is 11.8. The van der Waals surface area contributed by atoms with Gasteiger partial charge in [-0.2, -0.15) is 0 Å². The van der Waals surface area contributed by atoms with Crippen LogP contribution in [0.5, 0.6) is 5.75 Å². The summed E-state index contributed by atoms with van der Waals surface area (Å²) in [5, 5.41) is 9.12. The molecule has 0 aromatic heterocycles. The van der Waals surface area contributed by atoms with Gasteiger partial charge in [-0.1, -0.05) is 12.1 Å². The van der Waals surface area contributed by atoms with Crippen molar-refractivity contribution in [2.24, 2.45) is 5.73 Å². The Morgan fingerprint density at radius 3 is 2.94 bits per heavy atom. The van der Waals surface area contributed by atoms with Gasteiger partial charge in [0.25, 0.3) is 0 Å². The van der Waals surface area contributed by atoms with Crippen molar-refractivity contribution in [2.45, 2.75) is 24.8 Å². The number of carboxylic acid groups (broad SMARTS) is 1. The van der Waals surface area contributed by atoms with Gasteiger partial charge < -0.3 is 15.6 Å². The summed E-state index contributed by atoms with van der Waals surface area (Å²) in [5.74, 6) is -0.211. The van der Waals surface area contributed by atoms with Crippen LogP contribution in [0.25, 0.3) is 0 Å². The van der Waals surface area contributed by atoms with Gasteiger partial charge in [0.1, 0.15) is 11.3 Å². The lowest BCUT2D eigenvalue weighted by molar-refractivity contribution is -0.143. The minimum Gasteiger partial charge on any atom is -0.496 e. The molecule has 1 aliphatic rings. The van der Waals surface area contributed by atoms with Crippen LogP contribution >= 0.6 is 0 Å². The SMILES string of the molecule is COc1cccc2c1C[C@](N)(C(=O)O)CC2. The first-order valence-corrected chi connectivity index (χ1v) is 5.24. The topological polar surface area (TPSA) is 72.5 Å².